The van der Waals surface area contributed by atoms with Crippen LogP contribution in [-0.4, -0.2) is 29.4 Å². The average molecular weight is 421 g/mol. The highest BCUT2D eigenvalue weighted by Crippen LogP contribution is 2.51. The topological polar surface area (TPSA) is 95.3 Å². The third-order valence-corrected chi connectivity index (χ3v) is 6.38. The molecule has 1 aliphatic heterocycles. The minimum Gasteiger partial charge on any atom is -0.493 e. The first kappa shape index (κ1) is 19.7. The van der Waals surface area contributed by atoms with Crippen LogP contribution < -0.4 is 19.9 Å². The number of hydrogen-bond acceptors (Lipinski definition) is 6. The number of rotatable bonds is 5. The first-order chi connectivity index (χ1) is 15.2. The number of nitrogen functional groups attached to an aromatic ring is 1. The Morgan fingerprint density at radius 3 is 2.68 bits per heavy atom. The van der Waals surface area contributed by atoms with E-state index in [9.17, 15) is 0 Å². The van der Waals surface area contributed by atoms with Crippen LogP contribution in [0.25, 0.3) is 0 Å². The second-order valence-corrected chi connectivity index (χ2v) is 8.20. The van der Waals surface area contributed by atoms with Gasteiger partial charge in [0.25, 0.3) is 0 Å². The largest absolute Gasteiger partial charge is 0.493 e. The lowest BCUT2D eigenvalue weighted by Crippen LogP contribution is -2.20. The van der Waals surface area contributed by atoms with Crippen LogP contribution in [0.4, 0.5) is 5.69 Å². The van der Waals surface area contributed by atoms with Gasteiger partial charge in [0.2, 0.25) is 11.8 Å². The van der Waals surface area contributed by atoms with E-state index in [1.165, 1.54) is 5.56 Å². The van der Waals surface area contributed by atoms with Crippen molar-refractivity contribution < 1.29 is 14.2 Å². The maximum Gasteiger partial charge on any atom is 0.244 e. The summed E-state index contributed by atoms with van der Waals surface area (Å²) in [5, 5.41) is 7.68. The Morgan fingerprint density at radius 2 is 1.90 bits per heavy atom. The average Bonchev–Trinajstić information content (AvgIpc) is 3.20. The second kappa shape index (κ2) is 7.80. The fourth-order valence-corrected chi connectivity index (χ4v) is 4.91. The predicted octanol–water partition coefficient (Wildman–Crippen LogP) is 4.52. The number of ether oxygens (including phenoxy) is 3. The van der Waals surface area contributed by atoms with Gasteiger partial charge < -0.3 is 19.9 Å². The SMILES string of the molecule is CCCc1[nH]nc2c1C(c1ccc(OC)c(OC)c1)c1c(nc3c(c1N)CCCC3)O2. The van der Waals surface area contributed by atoms with Gasteiger partial charge in [-0.25, -0.2) is 4.98 Å². The Labute approximate surface area is 181 Å². The molecule has 0 radical (unpaired) electrons. The van der Waals surface area contributed by atoms with Gasteiger partial charge in [0.15, 0.2) is 11.5 Å². The van der Waals surface area contributed by atoms with Gasteiger partial charge >= 0.3 is 0 Å². The number of aromatic nitrogens is 3. The lowest BCUT2D eigenvalue weighted by Gasteiger charge is -2.30. The summed E-state index contributed by atoms with van der Waals surface area (Å²) in [5.74, 6) is 2.38. The fraction of sp³-hybridized carbons (Fsp3) is 0.417. The summed E-state index contributed by atoms with van der Waals surface area (Å²) in [5.41, 5.74) is 13.9. The Bertz CT molecular complexity index is 1140. The summed E-state index contributed by atoms with van der Waals surface area (Å²) in [6.45, 7) is 2.16. The van der Waals surface area contributed by atoms with E-state index in [2.05, 4.69) is 23.2 Å². The molecular weight excluding hydrogens is 392 g/mol. The van der Waals surface area contributed by atoms with Crippen LogP contribution in [0, 0.1) is 0 Å². The van der Waals surface area contributed by atoms with Crippen molar-refractivity contribution in [2.45, 2.75) is 51.4 Å². The van der Waals surface area contributed by atoms with Crippen LogP contribution in [0.1, 0.15) is 65.7 Å². The molecule has 162 valence electrons. The first-order valence-electron chi connectivity index (χ1n) is 10.9. The Morgan fingerprint density at radius 1 is 1.10 bits per heavy atom. The highest BCUT2D eigenvalue weighted by Gasteiger charge is 2.38. The van der Waals surface area contributed by atoms with E-state index in [1.54, 1.807) is 14.2 Å². The van der Waals surface area contributed by atoms with E-state index in [1.807, 2.05) is 12.1 Å². The molecule has 31 heavy (non-hydrogen) atoms. The summed E-state index contributed by atoms with van der Waals surface area (Å²) in [7, 11) is 3.29. The maximum atomic E-state index is 6.82. The molecule has 3 heterocycles. The van der Waals surface area contributed by atoms with Gasteiger partial charge in [-0.2, -0.15) is 0 Å². The van der Waals surface area contributed by atoms with Crippen molar-refractivity contribution in [3.63, 3.8) is 0 Å². The Hall–Kier alpha value is -3.22. The predicted molar refractivity (Wildman–Crippen MR) is 118 cm³/mol. The van der Waals surface area contributed by atoms with E-state index < -0.39 is 0 Å². The van der Waals surface area contributed by atoms with Crippen LogP contribution in [0.15, 0.2) is 18.2 Å². The van der Waals surface area contributed by atoms with Crippen molar-refractivity contribution in [1.29, 1.82) is 0 Å². The van der Waals surface area contributed by atoms with Crippen LogP contribution in [0.2, 0.25) is 0 Å². The highest BCUT2D eigenvalue weighted by atomic mass is 16.5. The van der Waals surface area contributed by atoms with Crippen LogP contribution in [0.5, 0.6) is 23.3 Å². The molecule has 3 aromatic rings. The van der Waals surface area contributed by atoms with Crippen molar-refractivity contribution >= 4 is 5.69 Å². The number of hydrogen-bond donors (Lipinski definition) is 2. The monoisotopic (exact) mass is 420 g/mol. The molecule has 0 bridgehead atoms. The van der Waals surface area contributed by atoms with Crippen molar-refractivity contribution in [1.82, 2.24) is 15.2 Å². The third kappa shape index (κ3) is 3.10. The molecule has 1 aliphatic carbocycles. The van der Waals surface area contributed by atoms with Crippen molar-refractivity contribution in [3.8, 4) is 23.3 Å². The van der Waals surface area contributed by atoms with Gasteiger partial charge in [0.1, 0.15) is 0 Å². The maximum absolute atomic E-state index is 6.82. The van der Waals surface area contributed by atoms with E-state index in [0.29, 0.717) is 23.3 Å². The molecule has 0 amide bonds. The van der Waals surface area contributed by atoms with Gasteiger partial charge in [-0.1, -0.05) is 19.4 Å². The van der Waals surface area contributed by atoms with Gasteiger partial charge in [-0.05, 0) is 55.4 Å². The molecule has 0 fully saturated rings. The highest BCUT2D eigenvalue weighted by molar-refractivity contribution is 5.69. The molecule has 3 N–H and O–H groups in total. The molecule has 2 aromatic heterocycles. The molecule has 1 aromatic carbocycles. The molecular formula is C24H28N4O3. The summed E-state index contributed by atoms with van der Waals surface area (Å²) in [4.78, 5) is 4.91. The Kier molecular flexibility index (Phi) is 4.96. The van der Waals surface area contributed by atoms with E-state index >= 15 is 0 Å². The standard InChI is InChI=1S/C24H28N4O3/c1-4-7-16-20-19(13-10-11-17(29-2)18(12-13)30-3)21-22(25)14-8-5-6-9-15(14)26-23(21)31-24(20)28-27-16/h10-12,19H,4-9H2,1-3H3,(H2,25,26)(H,27,28). The van der Waals surface area contributed by atoms with Gasteiger partial charge in [-0.15, -0.1) is 5.10 Å². The number of fused-ring (bicyclic) bond motifs is 3. The van der Waals surface area contributed by atoms with Crippen LogP contribution in [-0.2, 0) is 19.3 Å². The quantitative estimate of drug-likeness (QED) is 0.493. The number of anilines is 1. The zero-order chi connectivity index (χ0) is 21.5. The number of benzene rings is 1. The smallest absolute Gasteiger partial charge is 0.244 e. The summed E-state index contributed by atoms with van der Waals surface area (Å²) in [6.07, 6.45) is 6.04. The summed E-state index contributed by atoms with van der Waals surface area (Å²) < 4.78 is 17.3. The summed E-state index contributed by atoms with van der Waals surface area (Å²) in [6, 6.07) is 6.01. The Balaban J connectivity index is 1.76. The number of pyridine rings is 1. The minimum atomic E-state index is -0.140. The molecule has 0 spiro atoms. The minimum absolute atomic E-state index is 0.140. The van der Waals surface area contributed by atoms with Gasteiger partial charge in [-0.3, -0.25) is 5.10 Å². The van der Waals surface area contributed by atoms with Crippen LogP contribution in [0.3, 0.4) is 0 Å². The molecule has 0 saturated carbocycles. The van der Waals surface area contributed by atoms with Crippen LogP contribution >= 0.6 is 0 Å². The zero-order valence-corrected chi connectivity index (χ0v) is 18.2. The first-order valence-corrected chi connectivity index (χ1v) is 10.9. The lowest BCUT2D eigenvalue weighted by molar-refractivity contribution is 0.354. The van der Waals surface area contributed by atoms with Gasteiger partial charge in [0, 0.05) is 28.6 Å². The number of methoxy groups -OCH3 is 2. The van der Waals surface area contributed by atoms with E-state index in [4.69, 9.17) is 24.9 Å². The van der Waals surface area contributed by atoms with Crippen molar-refractivity contribution in [2.24, 2.45) is 0 Å². The normalized spacial score (nSPS) is 16.7. The number of nitrogens with one attached hydrogen (secondary N) is 1. The zero-order valence-electron chi connectivity index (χ0n) is 18.2. The number of H-pyrrole nitrogens is 1. The molecule has 7 heteroatoms. The molecule has 5 rings (SSSR count). The number of aryl methyl sites for hydroxylation is 2. The molecule has 7 nitrogen and oxygen atoms in total. The van der Waals surface area contributed by atoms with E-state index in [0.717, 1.165) is 72.3 Å². The van der Waals surface area contributed by atoms with Crippen molar-refractivity contribution in [3.05, 3.63) is 51.8 Å². The molecule has 1 unspecified atom stereocenters. The van der Waals surface area contributed by atoms with Gasteiger partial charge in [0.05, 0.1) is 19.8 Å². The molecule has 2 aliphatic rings. The third-order valence-electron chi connectivity index (χ3n) is 6.38. The molecule has 0 saturated heterocycles. The summed E-state index contributed by atoms with van der Waals surface area (Å²) >= 11 is 0. The number of nitrogens with two attached hydrogens (primary N) is 1. The van der Waals surface area contributed by atoms with E-state index in [-0.39, 0.29) is 5.92 Å². The molecule has 1 atom stereocenters. The number of aromatic amines is 1. The lowest BCUT2D eigenvalue weighted by atomic mass is 9.80. The second-order valence-electron chi connectivity index (χ2n) is 8.20. The fourth-order valence-electron chi connectivity index (χ4n) is 4.91. The van der Waals surface area contributed by atoms with Crippen molar-refractivity contribution in [2.75, 3.05) is 20.0 Å². The number of nitrogens with zero attached hydrogens (tertiary/aromatic N) is 2.